The van der Waals surface area contributed by atoms with Crippen molar-refractivity contribution in [1.82, 2.24) is 4.57 Å². The molecule has 3 atom stereocenters. The van der Waals surface area contributed by atoms with Crippen LogP contribution in [0.25, 0.3) is 10.9 Å². The molecule has 114 valence electrons. The van der Waals surface area contributed by atoms with Gasteiger partial charge in [-0.25, -0.2) is 0 Å². The third-order valence-corrected chi connectivity index (χ3v) is 5.68. The van der Waals surface area contributed by atoms with E-state index in [1.54, 1.807) is 0 Å². The Morgan fingerprint density at radius 1 is 1.29 bits per heavy atom. The Labute approximate surface area is 137 Å². The summed E-state index contributed by atoms with van der Waals surface area (Å²) < 4.78 is 2.35. The summed E-state index contributed by atoms with van der Waals surface area (Å²) in [7, 11) is 0. The quantitative estimate of drug-likeness (QED) is 0.353. The van der Waals surface area contributed by atoms with Gasteiger partial charge in [0.1, 0.15) is 0 Å². The van der Waals surface area contributed by atoms with Gasteiger partial charge in [-0.3, -0.25) is 0 Å². The molecule has 3 unspecified atom stereocenters. The van der Waals surface area contributed by atoms with Crippen LogP contribution in [0.2, 0.25) is 0 Å². The van der Waals surface area contributed by atoms with E-state index >= 15 is 0 Å². The molecule has 2 rings (SSSR count). The second-order valence-electron chi connectivity index (χ2n) is 5.84. The highest BCUT2D eigenvalue weighted by atomic mass is 35.5. The molecule has 3 heteroatoms. The first kappa shape index (κ1) is 16.5. The van der Waals surface area contributed by atoms with Gasteiger partial charge in [0.2, 0.25) is 0 Å². The molecule has 0 fully saturated rings. The lowest BCUT2D eigenvalue weighted by Gasteiger charge is -2.15. The van der Waals surface area contributed by atoms with Crippen molar-refractivity contribution in [3.8, 4) is 0 Å². The molecular formula is C18H24ClNS. The largest absolute Gasteiger partial charge is 0.346 e. The zero-order valence-electron chi connectivity index (χ0n) is 13.1. The molecule has 0 amide bonds. The molecule has 0 N–H and O–H groups in total. The molecule has 21 heavy (non-hydrogen) atoms. The Bertz CT molecular complexity index is 602. The van der Waals surface area contributed by atoms with Crippen LogP contribution < -0.4 is 0 Å². The molecule has 0 saturated carbocycles. The van der Waals surface area contributed by atoms with Crippen LogP contribution in [0.3, 0.4) is 0 Å². The Hall–Kier alpha value is -0.860. The average Bonchev–Trinajstić information content (AvgIpc) is 2.83. The first-order valence-corrected chi connectivity index (χ1v) is 8.92. The molecule has 0 aliphatic heterocycles. The maximum absolute atomic E-state index is 6.23. The number of aromatic nitrogens is 1. The summed E-state index contributed by atoms with van der Waals surface area (Å²) in [5.74, 6) is 2.05. The van der Waals surface area contributed by atoms with Crippen molar-refractivity contribution in [2.45, 2.75) is 37.6 Å². The number of hydrogen-bond donors (Lipinski definition) is 0. The van der Waals surface area contributed by atoms with Gasteiger partial charge >= 0.3 is 0 Å². The van der Waals surface area contributed by atoms with E-state index < -0.39 is 0 Å². The fourth-order valence-corrected chi connectivity index (χ4v) is 3.41. The number of para-hydroxylation sites is 1. The van der Waals surface area contributed by atoms with Gasteiger partial charge in [0.15, 0.2) is 0 Å². The van der Waals surface area contributed by atoms with E-state index in [0.717, 1.165) is 12.3 Å². The molecule has 0 aliphatic rings. The van der Waals surface area contributed by atoms with Crippen LogP contribution >= 0.6 is 23.4 Å². The lowest BCUT2D eigenvalue weighted by atomic mass is 10.1. The predicted molar refractivity (Wildman–Crippen MR) is 96.5 cm³/mol. The number of rotatable bonds is 7. The third kappa shape index (κ3) is 4.08. The molecule has 1 aromatic heterocycles. The molecule has 0 saturated heterocycles. The molecule has 0 aliphatic carbocycles. The van der Waals surface area contributed by atoms with E-state index in [4.69, 9.17) is 11.6 Å². The second kappa shape index (κ2) is 7.42. The fourth-order valence-electron chi connectivity index (χ4n) is 2.22. The molecule has 2 aromatic rings. The highest BCUT2D eigenvalue weighted by Crippen LogP contribution is 2.32. The summed E-state index contributed by atoms with van der Waals surface area (Å²) in [5, 5.41) is 1.52. The molecule has 0 bridgehead atoms. The summed E-state index contributed by atoms with van der Waals surface area (Å²) in [4.78, 5) is 1.36. The van der Waals surface area contributed by atoms with E-state index in [-0.39, 0.29) is 5.38 Å². The van der Waals surface area contributed by atoms with Gasteiger partial charge in [-0.05, 0) is 24.8 Å². The van der Waals surface area contributed by atoms with Crippen LogP contribution in [-0.4, -0.2) is 15.7 Å². The van der Waals surface area contributed by atoms with E-state index in [0.29, 0.717) is 11.8 Å². The van der Waals surface area contributed by atoms with Crippen molar-refractivity contribution in [3.63, 3.8) is 0 Å². The van der Waals surface area contributed by atoms with Crippen molar-refractivity contribution in [3.05, 3.63) is 43.1 Å². The number of hydrogen-bond acceptors (Lipinski definition) is 1. The molecule has 0 radical (unpaired) electrons. The van der Waals surface area contributed by atoms with Crippen molar-refractivity contribution >= 4 is 34.3 Å². The topological polar surface area (TPSA) is 4.93 Å². The number of thioether (sulfide) groups is 1. The lowest BCUT2D eigenvalue weighted by molar-refractivity contribution is 0.482. The highest BCUT2D eigenvalue weighted by Gasteiger charge is 2.14. The number of alkyl halides is 1. The van der Waals surface area contributed by atoms with Crippen molar-refractivity contribution in [2.24, 2.45) is 11.8 Å². The van der Waals surface area contributed by atoms with E-state index in [1.807, 2.05) is 17.8 Å². The third-order valence-electron chi connectivity index (χ3n) is 3.92. The molecule has 1 nitrogen and oxygen atoms in total. The summed E-state index contributed by atoms with van der Waals surface area (Å²) in [5.41, 5.74) is 1.30. The highest BCUT2D eigenvalue weighted by molar-refractivity contribution is 7.99. The molecule has 1 heterocycles. The van der Waals surface area contributed by atoms with Crippen molar-refractivity contribution in [1.29, 1.82) is 0 Å². The zero-order valence-corrected chi connectivity index (χ0v) is 14.6. The second-order valence-corrected chi connectivity index (χ2v) is 7.59. The molecule has 0 spiro atoms. The fraction of sp³-hybridized carbons (Fsp3) is 0.444. The van der Waals surface area contributed by atoms with Gasteiger partial charge in [0, 0.05) is 39.7 Å². The van der Waals surface area contributed by atoms with Gasteiger partial charge < -0.3 is 4.57 Å². The van der Waals surface area contributed by atoms with Gasteiger partial charge in [-0.2, -0.15) is 0 Å². The molecule has 1 aromatic carbocycles. The van der Waals surface area contributed by atoms with E-state index in [2.05, 4.69) is 62.4 Å². The maximum Gasteiger partial charge on any atom is 0.0492 e. The van der Waals surface area contributed by atoms with Crippen molar-refractivity contribution in [2.75, 3.05) is 5.75 Å². The first-order chi connectivity index (χ1) is 10.0. The lowest BCUT2D eigenvalue weighted by Crippen LogP contribution is -2.14. The minimum atomic E-state index is 0.183. The van der Waals surface area contributed by atoms with Crippen LogP contribution in [0.5, 0.6) is 0 Å². The Morgan fingerprint density at radius 3 is 2.67 bits per heavy atom. The number of benzene rings is 1. The Morgan fingerprint density at radius 2 is 2.00 bits per heavy atom. The van der Waals surface area contributed by atoms with Gasteiger partial charge in [-0.15, -0.1) is 29.9 Å². The minimum Gasteiger partial charge on any atom is -0.346 e. The van der Waals surface area contributed by atoms with E-state index in [1.165, 1.54) is 15.8 Å². The van der Waals surface area contributed by atoms with Crippen molar-refractivity contribution < 1.29 is 0 Å². The Kier molecular flexibility index (Phi) is 5.83. The van der Waals surface area contributed by atoms with Crippen LogP contribution in [0.1, 0.15) is 20.8 Å². The zero-order chi connectivity index (χ0) is 15.4. The summed E-state index contributed by atoms with van der Waals surface area (Å²) in [6, 6.07) is 8.62. The minimum absolute atomic E-state index is 0.183. The standard InChI is InChI=1S/C18H24ClNS/c1-5-13(2)12-21-18-11-20(10-14(3)15(4)19)17-9-7-6-8-16(17)18/h5-9,11,13-15H,1,10,12H2,2-4H3. The number of fused-ring (bicyclic) bond motifs is 1. The van der Waals surface area contributed by atoms with Crippen LogP contribution in [0, 0.1) is 11.8 Å². The van der Waals surface area contributed by atoms with E-state index in [9.17, 15) is 0 Å². The van der Waals surface area contributed by atoms with Crippen LogP contribution in [-0.2, 0) is 6.54 Å². The normalized spacial score (nSPS) is 15.8. The predicted octanol–water partition coefficient (Wildman–Crippen LogP) is 5.82. The molecular weight excluding hydrogens is 298 g/mol. The summed E-state index contributed by atoms with van der Waals surface area (Å²) in [6.07, 6.45) is 4.30. The van der Waals surface area contributed by atoms with Gasteiger partial charge in [-0.1, -0.05) is 38.1 Å². The number of halogens is 1. The maximum atomic E-state index is 6.23. The SMILES string of the molecule is C=CC(C)CSc1cn(CC(C)C(C)Cl)c2ccccc12. The Balaban J connectivity index is 2.27. The van der Waals surface area contributed by atoms with Crippen LogP contribution in [0.15, 0.2) is 48.0 Å². The van der Waals surface area contributed by atoms with Gasteiger partial charge in [0.25, 0.3) is 0 Å². The van der Waals surface area contributed by atoms with Gasteiger partial charge in [0.05, 0.1) is 0 Å². The van der Waals surface area contributed by atoms with Crippen LogP contribution in [0.4, 0.5) is 0 Å². The smallest absolute Gasteiger partial charge is 0.0492 e. The number of allylic oxidation sites excluding steroid dienone is 1. The first-order valence-electron chi connectivity index (χ1n) is 7.50. The average molecular weight is 322 g/mol. The summed E-state index contributed by atoms with van der Waals surface area (Å²) >= 11 is 8.14. The number of nitrogens with zero attached hydrogens (tertiary/aromatic N) is 1. The monoisotopic (exact) mass is 321 g/mol. The summed E-state index contributed by atoms with van der Waals surface area (Å²) in [6.45, 7) is 11.3.